The molecule has 0 saturated carbocycles. The van der Waals surface area contributed by atoms with Gasteiger partial charge < -0.3 is 19.8 Å². The van der Waals surface area contributed by atoms with E-state index in [1.165, 1.54) is 4.90 Å². The molecule has 2 unspecified atom stereocenters. The van der Waals surface area contributed by atoms with Crippen molar-refractivity contribution in [3.63, 3.8) is 0 Å². The maximum absolute atomic E-state index is 12.6. The predicted octanol–water partition coefficient (Wildman–Crippen LogP) is 5.04. The van der Waals surface area contributed by atoms with Crippen molar-refractivity contribution in [2.75, 3.05) is 6.54 Å². The molecule has 0 bridgehead atoms. The lowest BCUT2D eigenvalue weighted by Gasteiger charge is -2.37. The van der Waals surface area contributed by atoms with Crippen molar-refractivity contribution in [2.24, 2.45) is 11.1 Å². The molecule has 2 heterocycles. The third-order valence-corrected chi connectivity index (χ3v) is 4.76. The number of likely N-dealkylation sites (tertiary alicyclic amines) is 1. The van der Waals surface area contributed by atoms with Crippen LogP contribution >= 0.6 is 23.2 Å². The van der Waals surface area contributed by atoms with Crippen LogP contribution in [0.15, 0.2) is 23.4 Å². The van der Waals surface area contributed by atoms with Crippen LogP contribution in [0.1, 0.15) is 60.5 Å². The summed E-state index contributed by atoms with van der Waals surface area (Å²) in [6.45, 7) is 13.4. The molecule has 1 amide bonds. The number of hydrogen-bond donors (Lipinski definition) is 2. The number of hydrogen-bond acceptors (Lipinski definition) is 6. The van der Waals surface area contributed by atoms with E-state index in [9.17, 15) is 15.0 Å². The molecule has 1 aromatic carbocycles. The molecule has 0 aromatic heterocycles. The Morgan fingerprint density at radius 1 is 1.20 bits per heavy atom. The Hall–Kier alpha value is -1.54. The maximum Gasteiger partial charge on any atom is 0.413 e. The summed E-state index contributed by atoms with van der Waals surface area (Å²) in [5, 5.41) is 25.0. The van der Waals surface area contributed by atoms with Crippen molar-refractivity contribution in [1.29, 1.82) is 0 Å². The number of fused-ring (bicyclic) bond motifs is 1. The van der Waals surface area contributed by atoms with E-state index >= 15 is 0 Å². The normalized spacial score (nSPS) is 22.2. The number of aliphatic hydroxyl groups is 2. The number of benzene rings is 1. The molecule has 2 N–H and O–H groups in total. The molecule has 2 aliphatic rings. The molecule has 2 aliphatic heterocycles. The third-order valence-electron chi connectivity index (χ3n) is 4.32. The van der Waals surface area contributed by atoms with E-state index in [1.54, 1.807) is 39.0 Å². The van der Waals surface area contributed by atoms with Crippen LogP contribution in [0.2, 0.25) is 10.0 Å². The van der Waals surface area contributed by atoms with E-state index in [1.807, 2.05) is 27.7 Å². The Balaban J connectivity index is 0.00000106. The summed E-state index contributed by atoms with van der Waals surface area (Å²) < 4.78 is 5.38. The van der Waals surface area contributed by atoms with Gasteiger partial charge in [0.1, 0.15) is 5.60 Å². The highest BCUT2D eigenvalue weighted by molar-refractivity contribution is 6.35. The van der Waals surface area contributed by atoms with Gasteiger partial charge in [-0.1, -0.05) is 56.1 Å². The van der Waals surface area contributed by atoms with Gasteiger partial charge in [-0.05, 0) is 45.4 Å². The Kier molecular flexibility index (Phi) is 9.42. The lowest BCUT2D eigenvalue weighted by atomic mass is 9.88. The maximum atomic E-state index is 12.6. The van der Waals surface area contributed by atoms with Gasteiger partial charge in [-0.15, -0.1) is 0 Å². The van der Waals surface area contributed by atoms with Crippen molar-refractivity contribution >= 4 is 35.0 Å². The van der Waals surface area contributed by atoms with Gasteiger partial charge in [0.2, 0.25) is 6.29 Å². The molecular weight excluding hydrogens is 431 g/mol. The summed E-state index contributed by atoms with van der Waals surface area (Å²) >= 11 is 12.1. The monoisotopic (exact) mass is 462 g/mol. The zero-order chi connectivity index (χ0) is 23.3. The first kappa shape index (κ1) is 26.5. The van der Waals surface area contributed by atoms with Crippen LogP contribution in [0, 0.1) is 5.92 Å². The summed E-state index contributed by atoms with van der Waals surface area (Å²) in [7, 11) is 0. The van der Waals surface area contributed by atoms with Crippen molar-refractivity contribution in [1.82, 2.24) is 4.90 Å². The zero-order valence-corrected chi connectivity index (χ0v) is 20.1. The Morgan fingerprint density at radius 2 is 1.73 bits per heavy atom. The second-order valence-corrected chi connectivity index (χ2v) is 8.20. The quantitative estimate of drug-likeness (QED) is 0.600. The van der Waals surface area contributed by atoms with E-state index in [4.69, 9.17) is 32.8 Å². The topological polar surface area (TPSA) is 91.6 Å². The highest BCUT2D eigenvalue weighted by atomic mass is 35.5. The number of nitrogens with zero attached hydrogens (tertiary/aromatic N) is 2. The van der Waals surface area contributed by atoms with Crippen LogP contribution < -0.4 is 0 Å². The van der Waals surface area contributed by atoms with Crippen LogP contribution in [0.25, 0.3) is 0 Å². The molecule has 9 heteroatoms. The van der Waals surface area contributed by atoms with Crippen molar-refractivity contribution < 1.29 is 24.6 Å². The summed E-state index contributed by atoms with van der Waals surface area (Å²) in [6.07, 6.45) is -2.26. The van der Waals surface area contributed by atoms with E-state index in [2.05, 4.69) is 5.16 Å². The standard InChI is InChI=1S/C17H20Cl2N2O5.2C2H6/c1-16(2,3)25-15(24)21-5-4-12-13(20-26-17(12,21)14(22)23)9-6-10(18)8-11(19)7-9;2*1-2/h6-8,12,14,22-23H,4-5H2,1-3H3;2*1-2H3. The van der Waals surface area contributed by atoms with Crippen LogP contribution in [0.4, 0.5) is 4.79 Å². The minimum Gasteiger partial charge on any atom is -0.444 e. The van der Waals surface area contributed by atoms with Gasteiger partial charge >= 0.3 is 6.09 Å². The summed E-state index contributed by atoms with van der Waals surface area (Å²) in [5.41, 5.74) is -1.43. The van der Waals surface area contributed by atoms with E-state index < -0.39 is 29.6 Å². The van der Waals surface area contributed by atoms with E-state index in [0.717, 1.165) is 0 Å². The van der Waals surface area contributed by atoms with Gasteiger partial charge in [0.15, 0.2) is 0 Å². The van der Waals surface area contributed by atoms with E-state index in [-0.39, 0.29) is 6.54 Å². The van der Waals surface area contributed by atoms with Crippen LogP contribution in [0.3, 0.4) is 0 Å². The first-order valence-corrected chi connectivity index (χ1v) is 10.9. The number of carbonyl (C=O) groups excluding carboxylic acids is 1. The number of amides is 1. The molecular formula is C21H32Cl2N2O5. The molecule has 170 valence electrons. The van der Waals surface area contributed by atoms with Gasteiger partial charge in [-0.25, -0.2) is 4.79 Å². The molecule has 3 rings (SSSR count). The predicted molar refractivity (Wildman–Crippen MR) is 119 cm³/mol. The Morgan fingerprint density at radius 3 is 2.20 bits per heavy atom. The minimum atomic E-state index is -1.97. The van der Waals surface area contributed by atoms with Crippen LogP contribution in [0.5, 0.6) is 0 Å². The molecule has 2 atom stereocenters. The fourth-order valence-electron chi connectivity index (χ4n) is 3.33. The Bertz CT molecular complexity index is 744. The average molecular weight is 463 g/mol. The number of halogens is 2. The first-order valence-electron chi connectivity index (χ1n) is 10.1. The number of aliphatic hydroxyl groups excluding tert-OH is 1. The lowest BCUT2D eigenvalue weighted by Crippen LogP contribution is -2.59. The van der Waals surface area contributed by atoms with Crippen LogP contribution in [-0.4, -0.2) is 51.1 Å². The Labute approximate surface area is 188 Å². The molecule has 0 spiro atoms. The highest BCUT2D eigenvalue weighted by Gasteiger charge is 2.64. The van der Waals surface area contributed by atoms with Gasteiger partial charge in [-0.3, -0.25) is 4.90 Å². The van der Waals surface area contributed by atoms with Crippen LogP contribution in [-0.2, 0) is 9.57 Å². The summed E-state index contributed by atoms with van der Waals surface area (Å²) in [6, 6.07) is 4.90. The lowest BCUT2D eigenvalue weighted by molar-refractivity contribution is -0.255. The average Bonchev–Trinajstić information content (AvgIpc) is 3.21. The smallest absolute Gasteiger partial charge is 0.413 e. The number of oxime groups is 1. The van der Waals surface area contributed by atoms with E-state index in [0.29, 0.717) is 27.7 Å². The van der Waals surface area contributed by atoms with Crippen molar-refractivity contribution in [3.8, 4) is 0 Å². The first-order chi connectivity index (χ1) is 14.0. The SMILES string of the molecule is CC.CC.CC(C)(C)OC(=O)N1CCC2C(c3cc(Cl)cc(Cl)c3)=NOC21C(O)O. The van der Waals surface area contributed by atoms with Crippen molar-refractivity contribution in [3.05, 3.63) is 33.8 Å². The molecule has 1 saturated heterocycles. The minimum absolute atomic E-state index is 0.227. The molecule has 0 radical (unpaired) electrons. The number of ether oxygens (including phenoxy) is 1. The molecule has 30 heavy (non-hydrogen) atoms. The van der Waals surface area contributed by atoms with Gasteiger partial charge in [0.05, 0.1) is 11.6 Å². The van der Waals surface area contributed by atoms with Gasteiger partial charge in [-0.2, -0.15) is 0 Å². The highest BCUT2D eigenvalue weighted by Crippen LogP contribution is 2.45. The fraction of sp³-hybridized carbons (Fsp3) is 0.619. The van der Waals surface area contributed by atoms with Crippen molar-refractivity contribution in [2.45, 2.75) is 72.5 Å². The largest absolute Gasteiger partial charge is 0.444 e. The number of carbonyl (C=O) groups is 1. The fourth-order valence-corrected chi connectivity index (χ4v) is 3.86. The molecule has 7 nitrogen and oxygen atoms in total. The summed E-state index contributed by atoms with van der Waals surface area (Å²) in [5.74, 6) is -0.565. The second kappa shape index (κ2) is 10.7. The second-order valence-electron chi connectivity index (χ2n) is 7.32. The molecule has 0 aliphatic carbocycles. The summed E-state index contributed by atoms with van der Waals surface area (Å²) in [4.78, 5) is 19.2. The zero-order valence-electron chi connectivity index (χ0n) is 18.6. The van der Waals surface area contributed by atoms with Gasteiger partial charge in [0, 0.05) is 22.2 Å². The molecule has 1 aromatic rings. The molecule has 1 fully saturated rings. The number of rotatable bonds is 2. The third kappa shape index (κ3) is 5.38. The van der Waals surface area contributed by atoms with Gasteiger partial charge in [0.25, 0.3) is 5.72 Å².